The zero-order valence-electron chi connectivity index (χ0n) is 10.2. The van der Waals surface area contributed by atoms with Crippen LogP contribution in [0.3, 0.4) is 0 Å². The molecule has 2 aromatic rings. The van der Waals surface area contributed by atoms with Gasteiger partial charge in [0.2, 0.25) is 0 Å². The van der Waals surface area contributed by atoms with Crippen LogP contribution in [0.15, 0.2) is 17.8 Å². The summed E-state index contributed by atoms with van der Waals surface area (Å²) >= 11 is 0. The molecular weight excluding hydrogens is 274 g/mol. The van der Waals surface area contributed by atoms with Gasteiger partial charge in [0.05, 0.1) is 13.2 Å². The van der Waals surface area contributed by atoms with Gasteiger partial charge >= 0.3 is 0 Å². The van der Waals surface area contributed by atoms with Gasteiger partial charge in [-0.2, -0.15) is 5.10 Å². The fraction of sp³-hybridized carbons (Fsp3) is 0.500. The molecule has 0 fully saturated rings. The number of rotatable bonds is 6. The summed E-state index contributed by atoms with van der Waals surface area (Å²) in [6.45, 7) is 0.830. The van der Waals surface area contributed by atoms with Gasteiger partial charge in [0.15, 0.2) is 5.82 Å². The minimum Gasteiger partial charge on any atom is -0.383 e. The van der Waals surface area contributed by atoms with E-state index in [9.17, 15) is 8.42 Å². The van der Waals surface area contributed by atoms with E-state index in [4.69, 9.17) is 9.88 Å². The van der Waals surface area contributed by atoms with Crippen LogP contribution in [0.5, 0.6) is 0 Å². The van der Waals surface area contributed by atoms with Crippen LogP contribution in [0.1, 0.15) is 5.82 Å². The zero-order chi connectivity index (χ0) is 13.9. The number of ether oxygens (including phenoxy) is 1. The number of methoxy groups -OCH3 is 1. The van der Waals surface area contributed by atoms with E-state index < -0.39 is 10.0 Å². The Kier molecular flexibility index (Phi) is 3.87. The summed E-state index contributed by atoms with van der Waals surface area (Å²) in [7, 11) is -2.42. The second-order valence-corrected chi connectivity index (χ2v) is 5.14. The highest BCUT2D eigenvalue weighted by molar-refractivity contribution is 7.89. The largest absolute Gasteiger partial charge is 0.383 e. The molecule has 2 aromatic heterocycles. The molecule has 0 bridgehead atoms. The smallest absolute Gasteiger partial charge is 0.273 e. The van der Waals surface area contributed by atoms with Crippen LogP contribution in [-0.4, -0.2) is 51.7 Å². The van der Waals surface area contributed by atoms with Crippen LogP contribution in [0.4, 0.5) is 0 Å². The van der Waals surface area contributed by atoms with Crippen LogP contribution in [0.2, 0.25) is 0 Å². The Bertz CT molecular complexity index is 633. The van der Waals surface area contributed by atoms with Crippen LogP contribution in [-0.2, 0) is 27.8 Å². The molecule has 0 amide bonds. The quantitative estimate of drug-likeness (QED) is 0.663. The lowest BCUT2D eigenvalue weighted by molar-refractivity contribution is 0.183. The molecule has 0 saturated heterocycles. The van der Waals surface area contributed by atoms with Gasteiger partial charge in [0, 0.05) is 7.11 Å². The molecule has 0 unspecified atom stereocenters. The van der Waals surface area contributed by atoms with Crippen LogP contribution in [0, 0.1) is 0 Å². The van der Waals surface area contributed by atoms with Crippen molar-refractivity contribution in [1.82, 2.24) is 29.5 Å². The Balaban J connectivity index is 2.35. The van der Waals surface area contributed by atoms with Crippen LogP contribution < -0.4 is 5.14 Å². The number of aromatic nitrogens is 6. The Morgan fingerprint density at radius 1 is 1.42 bits per heavy atom. The molecule has 2 heterocycles. The fourth-order valence-corrected chi connectivity index (χ4v) is 2.17. The van der Waals surface area contributed by atoms with Gasteiger partial charge in [-0.3, -0.25) is 4.57 Å². The van der Waals surface area contributed by atoms with Crippen molar-refractivity contribution >= 4 is 10.0 Å². The lowest BCUT2D eigenvalue weighted by Gasteiger charge is -2.08. The molecule has 0 saturated carbocycles. The van der Waals surface area contributed by atoms with Gasteiger partial charge in [0.1, 0.15) is 19.2 Å². The zero-order valence-corrected chi connectivity index (χ0v) is 11.0. The van der Waals surface area contributed by atoms with Crippen molar-refractivity contribution in [2.24, 2.45) is 5.14 Å². The monoisotopic (exact) mass is 287 g/mol. The van der Waals surface area contributed by atoms with Crippen molar-refractivity contribution in [3.05, 3.63) is 18.5 Å². The van der Waals surface area contributed by atoms with E-state index >= 15 is 0 Å². The molecular formula is C8H13N7O3S. The summed E-state index contributed by atoms with van der Waals surface area (Å²) in [5, 5.41) is 16.1. The minimum absolute atomic E-state index is 0.242. The molecule has 19 heavy (non-hydrogen) atoms. The molecule has 2 rings (SSSR count). The molecule has 104 valence electrons. The van der Waals surface area contributed by atoms with E-state index in [2.05, 4.69) is 20.3 Å². The molecule has 0 aliphatic heterocycles. The number of hydrogen-bond donors (Lipinski definition) is 1. The molecule has 0 aliphatic carbocycles. The molecule has 2 N–H and O–H groups in total. The maximum atomic E-state index is 11.4. The second kappa shape index (κ2) is 5.42. The van der Waals surface area contributed by atoms with E-state index in [-0.39, 0.29) is 18.2 Å². The van der Waals surface area contributed by atoms with E-state index in [0.29, 0.717) is 12.4 Å². The summed E-state index contributed by atoms with van der Waals surface area (Å²) in [6.07, 6.45) is 2.86. The Hall–Kier alpha value is -1.85. The van der Waals surface area contributed by atoms with E-state index in [1.807, 2.05) is 0 Å². The van der Waals surface area contributed by atoms with E-state index in [0.717, 1.165) is 0 Å². The molecule has 0 aliphatic rings. The SMILES string of the molecule is COCCn1c(Cn2cncn2)nnc1S(N)(=O)=O. The third kappa shape index (κ3) is 3.13. The number of nitrogens with zero attached hydrogens (tertiary/aromatic N) is 6. The molecule has 0 radical (unpaired) electrons. The first kappa shape index (κ1) is 13.6. The molecule has 11 heteroatoms. The van der Waals surface area contributed by atoms with Crippen molar-refractivity contribution < 1.29 is 13.2 Å². The maximum absolute atomic E-state index is 11.4. The third-order valence-corrected chi connectivity index (χ3v) is 3.15. The summed E-state index contributed by atoms with van der Waals surface area (Å²) in [4.78, 5) is 3.79. The van der Waals surface area contributed by atoms with Crippen molar-refractivity contribution in [3.63, 3.8) is 0 Å². The Labute approximate surface area is 109 Å². The summed E-state index contributed by atoms with van der Waals surface area (Å²) < 4.78 is 30.6. The molecule has 0 spiro atoms. The van der Waals surface area contributed by atoms with Crippen molar-refractivity contribution in [1.29, 1.82) is 0 Å². The lowest BCUT2D eigenvalue weighted by Crippen LogP contribution is -2.21. The molecule has 10 nitrogen and oxygen atoms in total. The predicted octanol–water partition coefficient (Wildman–Crippen LogP) is -1.79. The number of nitrogens with two attached hydrogens (primary N) is 1. The standard InChI is InChI=1S/C8H13N7O3S/c1-18-3-2-15-7(4-14-6-10-5-11-14)12-13-8(15)19(9,16)17/h5-6H,2-4H2,1H3,(H2,9,16,17). The van der Waals surface area contributed by atoms with E-state index in [1.165, 1.54) is 29.0 Å². The average molecular weight is 287 g/mol. The predicted molar refractivity (Wildman–Crippen MR) is 62.4 cm³/mol. The number of primary sulfonamides is 1. The van der Waals surface area contributed by atoms with Gasteiger partial charge in [-0.25, -0.2) is 23.2 Å². The first-order chi connectivity index (χ1) is 9.02. The van der Waals surface area contributed by atoms with Crippen molar-refractivity contribution in [2.45, 2.75) is 18.2 Å². The Morgan fingerprint density at radius 3 is 2.79 bits per heavy atom. The molecule has 0 aromatic carbocycles. The Morgan fingerprint density at radius 2 is 2.21 bits per heavy atom. The number of sulfonamides is 1. The third-order valence-electron chi connectivity index (χ3n) is 2.34. The topological polar surface area (TPSA) is 131 Å². The first-order valence-corrected chi connectivity index (χ1v) is 6.83. The fourth-order valence-electron chi connectivity index (χ4n) is 1.51. The van der Waals surface area contributed by atoms with E-state index in [1.54, 1.807) is 0 Å². The van der Waals surface area contributed by atoms with Gasteiger partial charge < -0.3 is 4.74 Å². The minimum atomic E-state index is -3.93. The highest BCUT2D eigenvalue weighted by Gasteiger charge is 2.21. The van der Waals surface area contributed by atoms with Crippen molar-refractivity contribution in [2.75, 3.05) is 13.7 Å². The van der Waals surface area contributed by atoms with Crippen LogP contribution >= 0.6 is 0 Å². The first-order valence-electron chi connectivity index (χ1n) is 5.28. The van der Waals surface area contributed by atoms with Crippen LogP contribution in [0.25, 0.3) is 0 Å². The summed E-state index contributed by atoms with van der Waals surface area (Å²) in [5.74, 6) is 0.409. The number of hydrogen-bond acceptors (Lipinski definition) is 7. The average Bonchev–Trinajstić information content (AvgIpc) is 2.96. The highest BCUT2D eigenvalue weighted by atomic mass is 32.2. The highest BCUT2D eigenvalue weighted by Crippen LogP contribution is 2.08. The van der Waals surface area contributed by atoms with Gasteiger partial charge in [-0.05, 0) is 0 Å². The summed E-state index contributed by atoms with van der Waals surface area (Å²) in [5.41, 5.74) is 0. The lowest BCUT2D eigenvalue weighted by atomic mass is 10.5. The summed E-state index contributed by atoms with van der Waals surface area (Å²) in [6, 6.07) is 0. The van der Waals surface area contributed by atoms with Gasteiger partial charge in [0.25, 0.3) is 15.2 Å². The molecule has 0 atom stereocenters. The van der Waals surface area contributed by atoms with Gasteiger partial charge in [-0.1, -0.05) is 0 Å². The maximum Gasteiger partial charge on any atom is 0.273 e. The second-order valence-electron chi connectivity index (χ2n) is 3.68. The normalized spacial score (nSPS) is 11.9. The van der Waals surface area contributed by atoms with Gasteiger partial charge in [-0.15, -0.1) is 10.2 Å². The van der Waals surface area contributed by atoms with Crippen molar-refractivity contribution in [3.8, 4) is 0 Å².